The van der Waals surface area contributed by atoms with E-state index < -0.39 is 0 Å². The zero-order valence-electron chi connectivity index (χ0n) is 14.0. The standard InChI is InChI=1S/C19H17N5OS/c25-16(20-11-10-13-6-2-1-3-7-13)12-26-19-22-18-17(23-24-19)14-8-4-5-9-15(14)21-18/h1-9H,10-12H2,(H,20,25)(H,21,22,24). The Morgan fingerprint density at radius 2 is 1.85 bits per heavy atom. The number of hydrogen-bond donors (Lipinski definition) is 2. The molecular formula is C19H17N5OS. The SMILES string of the molecule is O=C(CSc1nnc2c(n1)[nH]c1ccccc12)NCCc1ccccc1. The molecule has 1 amide bonds. The number of H-pyrrole nitrogens is 1. The second-order valence-electron chi connectivity index (χ2n) is 5.84. The summed E-state index contributed by atoms with van der Waals surface area (Å²) in [5, 5.41) is 12.8. The summed E-state index contributed by atoms with van der Waals surface area (Å²) in [5.41, 5.74) is 3.62. The predicted octanol–water partition coefficient (Wildman–Crippen LogP) is 2.96. The van der Waals surface area contributed by atoms with Crippen LogP contribution >= 0.6 is 11.8 Å². The molecule has 4 rings (SSSR count). The number of fused-ring (bicyclic) bond motifs is 3. The number of thioether (sulfide) groups is 1. The van der Waals surface area contributed by atoms with Gasteiger partial charge in [0.05, 0.1) is 5.75 Å². The monoisotopic (exact) mass is 363 g/mol. The molecule has 0 saturated heterocycles. The van der Waals surface area contributed by atoms with Crippen molar-refractivity contribution in [3.05, 3.63) is 60.2 Å². The number of rotatable bonds is 6. The van der Waals surface area contributed by atoms with E-state index in [1.807, 2.05) is 42.5 Å². The third-order valence-electron chi connectivity index (χ3n) is 4.01. The van der Waals surface area contributed by atoms with Crippen molar-refractivity contribution in [1.29, 1.82) is 0 Å². The first-order valence-electron chi connectivity index (χ1n) is 8.34. The number of aromatic amines is 1. The summed E-state index contributed by atoms with van der Waals surface area (Å²) in [6.07, 6.45) is 0.816. The topological polar surface area (TPSA) is 83.6 Å². The second kappa shape index (κ2) is 7.53. The maximum absolute atomic E-state index is 12.0. The lowest BCUT2D eigenvalue weighted by atomic mass is 10.1. The van der Waals surface area contributed by atoms with E-state index in [0.717, 1.165) is 22.8 Å². The highest BCUT2D eigenvalue weighted by atomic mass is 32.2. The van der Waals surface area contributed by atoms with Crippen molar-refractivity contribution in [3.63, 3.8) is 0 Å². The number of nitrogens with zero attached hydrogens (tertiary/aromatic N) is 3. The highest BCUT2D eigenvalue weighted by molar-refractivity contribution is 7.99. The lowest BCUT2D eigenvalue weighted by Crippen LogP contribution is -2.27. The Morgan fingerprint density at radius 3 is 2.73 bits per heavy atom. The Hall–Kier alpha value is -2.93. The van der Waals surface area contributed by atoms with Crippen molar-refractivity contribution < 1.29 is 4.79 Å². The molecular weight excluding hydrogens is 346 g/mol. The molecule has 0 unspecified atom stereocenters. The van der Waals surface area contributed by atoms with Crippen molar-refractivity contribution >= 4 is 39.7 Å². The van der Waals surface area contributed by atoms with Crippen molar-refractivity contribution in [1.82, 2.24) is 25.5 Å². The smallest absolute Gasteiger partial charge is 0.230 e. The molecule has 0 bridgehead atoms. The van der Waals surface area contributed by atoms with Crippen molar-refractivity contribution in [2.24, 2.45) is 0 Å². The maximum atomic E-state index is 12.0. The Kier molecular flexibility index (Phi) is 4.79. The van der Waals surface area contributed by atoms with Gasteiger partial charge in [0, 0.05) is 17.4 Å². The van der Waals surface area contributed by atoms with E-state index in [1.54, 1.807) is 0 Å². The Morgan fingerprint density at radius 1 is 1.04 bits per heavy atom. The minimum atomic E-state index is -0.0359. The van der Waals surface area contributed by atoms with Gasteiger partial charge in [0.25, 0.3) is 0 Å². The van der Waals surface area contributed by atoms with Gasteiger partial charge in [0.15, 0.2) is 5.65 Å². The number of nitrogens with one attached hydrogen (secondary N) is 2. The van der Waals surface area contributed by atoms with E-state index in [2.05, 4.69) is 37.6 Å². The fourth-order valence-electron chi connectivity index (χ4n) is 2.74. The summed E-state index contributed by atoms with van der Waals surface area (Å²) in [6, 6.07) is 18.0. The zero-order chi connectivity index (χ0) is 17.8. The molecule has 2 aromatic carbocycles. The Bertz CT molecular complexity index is 1050. The predicted molar refractivity (Wildman–Crippen MR) is 103 cm³/mol. The summed E-state index contributed by atoms with van der Waals surface area (Å²) in [7, 11) is 0. The molecule has 7 heteroatoms. The fourth-order valence-corrected chi connectivity index (χ4v) is 3.36. The average molecular weight is 363 g/mol. The molecule has 0 aliphatic rings. The van der Waals surface area contributed by atoms with Gasteiger partial charge in [-0.3, -0.25) is 4.79 Å². The van der Waals surface area contributed by atoms with Crippen LogP contribution in [0, 0.1) is 0 Å². The number of benzene rings is 2. The maximum Gasteiger partial charge on any atom is 0.230 e. The number of carbonyl (C=O) groups excluding carboxylic acids is 1. The van der Waals surface area contributed by atoms with Gasteiger partial charge in [-0.15, -0.1) is 10.2 Å². The first-order chi connectivity index (χ1) is 12.8. The molecule has 26 heavy (non-hydrogen) atoms. The number of para-hydroxylation sites is 1. The van der Waals surface area contributed by atoms with Gasteiger partial charge in [0.2, 0.25) is 11.1 Å². The summed E-state index contributed by atoms with van der Waals surface area (Å²) in [5.74, 6) is 0.230. The first kappa shape index (κ1) is 16.5. The van der Waals surface area contributed by atoms with Crippen LogP contribution in [0.5, 0.6) is 0 Å². The third kappa shape index (κ3) is 3.67. The first-order valence-corrected chi connectivity index (χ1v) is 9.33. The van der Waals surface area contributed by atoms with Crippen LogP contribution < -0.4 is 5.32 Å². The second-order valence-corrected chi connectivity index (χ2v) is 6.78. The van der Waals surface area contributed by atoms with E-state index >= 15 is 0 Å². The molecule has 0 radical (unpaired) electrons. The number of amides is 1. The van der Waals surface area contributed by atoms with Crippen LogP contribution in [0.2, 0.25) is 0 Å². The summed E-state index contributed by atoms with van der Waals surface area (Å²) in [6.45, 7) is 0.615. The van der Waals surface area contributed by atoms with Crippen molar-refractivity contribution in [3.8, 4) is 0 Å². The van der Waals surface area contributed by atoms with Crippen LogP contribution in [0.4, 0.5) is 0 Å². The lowest BCUT2D eigenvalue weighted by molar-refractivity contribution is -0.118. The number of hydrogen-bond acceptors (Lipinski definition) is 5. The summed E-state index contributed by atoms with van der Waals surface area (Å²) in [4.78, 5) is 19.7. The van der Waals surface area contributed by atoms with E-state index in [1.165, 1.54) is 17.3 Å². The molecule has 0 aliphatic carbocycles. The molecule has 2 N–H and O–H groups in total. The van der Waals surface area contributed by atoms with Crippen molar-refractivity contribution in [2.75, 3.05) is 12.3 Å². The molecule has 0 saturated carbocycles. The van der Waals surface area contributed by atoms with Crippen LogP contribution in [0.1, 0.15) is 5.56 Å². The van der Waals surface area contributed by atoms with Gasteiger partial charge in [-0.2, -0.15) is 0 Å². The molecule has 2 aromatic heterocycles. The molecule has 0 fully saturated rings. The van der Waals surface area contributed by atoms with Crippen LogP contribution in [-0.4, -0.2) is 38.4 Å². The molecule has 2 heterocycles. The summed E-state index contributed by atoms with van der Waals surface area (Å²) < 4.78 is 0. The Balaban J connectivity index is 1.34. The molecule has 0 atom stereocenters. The van der Waals surface area contributed by atoms with Gasteiger partial charge >= 0.3 is 0 Å². The minimum Gasteiger partial charge on any atom is -0.355 e. The largest absolute Gasteiger partial charge is 0.355 e. The molecule has 6 nitrogen and oxygen atoms in total. The quantitative estimate of drug-likeness (QED) is 0.515. The van der Waals surface area contributed by atoms with E-state index in [-0.39, 0.29) is 11.7 Å². The van der Waals surface area contributed by atoms with Gasteiger partial charge in [-0.25, -0.2) is 4.98 Å². The normalized spacial score (nSPS) is 11.1. The molecule has 0 spiro atoms. The van der Waals surface area contributed by atoms with Crippen LogP contribution in [0.15, 0.2) is 59.8 Å². The van der Waals surface area contributed by atoms with Gasteiger partial charge in [-0.1, -0.05) is 60.3 Å². The van der Waals surface area contributed by atoms with E-state index in [9.17, 15) is 4.79 Å². The highest BCUT2D eigenvalue weighted by Crippen LogP contribution is 2.23. The third-order valence-corrected chi connectivity index (χ3v) is 4.85. The van der Waals surface area contributed by atoms with Gasteiger partial charge in [0.1, 0.15) is 5.52 Å². The van der Waals surface area contributed by atoms with Crippen LogP contribution in [0.3, 0.4) is 0 Å². The Labute approximate surface area is 154 Å². The van der Waals surface area contributed by atoms with Gasteiger partial charge in [-0.05, 0) is 18.1 Å². The number of carbonyl (C=O) groups is 1. The minimum absolute atomic E-state index is 0.0359. The summed E-state index contributed by atoms with van der Waals surface area (Å²) >= 11 is 1.28. The fraction of sp³-hybridized carbons (Fsp3) is 0.158. The van der Waals surface area contributed by atoms with E-state index in [4.69, 9.17) is 0 Å². The van der Waals surface area contributed by atoms with Crippen LogP contribution in [0.25, 0.3) is 22.1 Å². The molecule has 0 aliphatic heterocycles. The lowest BCUT2D eigenvalue weighted by Gasteiger charge is -2.04. The zero-order valence-corrected chi connectivity index (χ0v) is 14.8. The average Bonchev–Trinajstić information content (AvgIpc) is 3.05. The molecule has 130 valence electrons. The molecule has 4 aromatic rings. The highest BCUT2D eigenvalue weighted by Gasteiger charge is 2.10. The van der Waals surface area contributed by atoms with Crippen LogP contribution in [-0.2, 0) is 11.2 Å². The van der Waals surface area contributed by atoms with E-state index in [0.29, 0.717) is 17.3 Å². The number of aromatic nitrogens is 4. The van der Waals surface area contributed by atoms with Crippen molar-refractivity contribution in [2.45, 2.75) is 11.6 Å². The van der Waals surface area contributed by atoms with Gasteiger partial charge < -0.3 is 10.3 Å².